The van der Waals surface area contributed by atoms with Gasteiger partial charge >= 0.3 is 6.18 Å². The van der Waals surface area contributed by atoms with Crippen LogP contribution in [-0.2, 0) is 12.6 Å². The zero-order valence-electron chi connectivity index (χ0n) is 19.2. The molecule has 1 amide bonds. The number of rotatable bonds is 3. The number of halogens is 3. The molecule has 3 aromatic rings. The molecule has 1 saturated heterocycles. The molecule has 10 heteroatoms. The summed E-state index contributed by atoms with van der Waals surface area (Å²) < 4.78 is 54.0. The molecule has 0 spiro atoms. The molecule has 7 nitrogen and oxygen atoms in total. The van der Waals surface area contributed by atoms with Crippen molar-refractivity contribution in [3.63, 3.8) is 0 Å². The van der Waals surface area contributed by atoms with Crippen LogP contribution in [0.2, 0.25) is 0 Å². The number of anilines is 1. The van der Waals surface area contributed by atoms with E-state index in [9.17, 15) is 18.0 Å². The van der Waals surface area contributed by atoms with Gasteiger partial charge < -0.3 is 14.4 Å². The van der Waals surface area contributed by atoms with Gasteiger partial charge in [-0.25, -0.2) is 4.68 Å². The van der Waals surface area contributed by atoms with Gasteiger partial charge in [-0.3, -0.25) is 9.69 Å². The first-order chi connectivity index (χ1) is 16.7. The Morgan fingerprint density at radius 2 is 1.91 bits per heavy atom. The number of hydrogen-bond acceptors (Lipinski definition) is 5. The summed E-state index contributed by atoms with van der Waals surface area (Å²) in [5, 5.41) is 4.04. The van der Waals surface area contributed by atoms with E-state index in [-0.39, 0.29) is 30.3 Å². The van der Waals surface area contributed by atoms with Crippen molar-refractivity contribution in [2.75, 3.05) is 25.8 Å². The number of likely N-dealkylation sites (N-methyl/N-ethyl adjacent to an activating group) is 1. The summed E-state index contributed by atoms with van der Waals surface area (Å²) in [6.07, 6.45) is -2.53. The molecule has 3 aliphatic heterocycles. The quantitative estimate of drug-likeness (QED) is 0.545. The smallest absolute Gasteiger partial charge is 0.435 e. The fourth-order valence-electron chi connectivity index (χ4n) is 5.44. The molecule has 35 heavy (non-hydrogen) atoms. The first kappa shape index (κ1) is 22.0. The lowest BCUT2D eigenvalue weighted by molar-refractivity contribution is -0.142. The molecular weight excluding hydrogens is 461 g/mol. The third-order valence-electron chi connectivity index (χ3n) is 7.28. The van der Waals surface area contributed by atoms with E-state index in [0.29, 0.717) is 47.0 Å². The van der Waals surface area contributed by atoms with Gasteiger partial charge in [0.25, 0.3) is 5.91 Å². The van der Waals surface area contributed by atoms with Crippen LogP contribution < -0.4 is 14.4 Å². The molecule has 0 radical (unpaired) electrons. The number of carbonyl (C=O) groups excluding carboxylic acids is 1. The van der Waals surface area contributed by atoms with Crippen LogP contribution in [0.3, 0.4) is 0 Å². The van der Waals surface area contributed by atoms with E-state index in [1.807, 2.05) is 11.9 Å². The minimum Gasteiger partial charge on any atom is -0.454 e. The van der Waals surface area contributed by atoms with Crippen molar-refractivity contribution < 1.29 is 27.4 Å². The normalized spacial score (nSPS) is 20.7. The van der Waals surface area contributed by atoms with Crippen LogP contribution in [-0.4, -0.2) is 47.5 Å². The molecule has 0 unspecified atom stereocenters. The van der Waals surface area contributed by atoms with Crippen molar-refractivity contribution >= 4 is 11.6 Å². The molecule has 6 rings (SSSR count). The lowest BCUT2D eigenvalue weighted by Gasteiger charge is -2.32. The topological polar surface area (TPSA) is 59.8 Å². The second kappa shape index (κ2) is 7.74. The van der Waals surface area contributed by atoms with Gasteiger partial charge in [-0.05, 0) is 50.2 Å². The molecule has 4 heterocycles. The van der Waals surface area contributed by atoms with Gasteiger partial charge in [-0.15, -0.1) is 0 Å². The molecular formula is C25H23F3N4O3. The maximum absolute atomic E-state index is 14.0. The molecule has 3 aliphatic rings. The Morgan fingerprint density at radius 1 is 1.11 bits per heavy atom. The van der Waals surface area contributed by atoms with E-state index >= 15 is 0 Å². The van der Waals surface area contributed by atoms with E-state index in [0.717, 1.165) is 6.42 Å². The fraction of sp³-hybridized carbons (Fsp3) is 0.360. The Bertz CT molecular complexity index is 1340. The van der Waals surface area contributed by atoms with E-state index in [1.54, 1.807) is 49.5 Å². The van der Waals surface area contributed by atoms with Crippen LogP contribution in [0, 0.1) is 0 Å². The van der Waals surface area contributed by atoms with E-state index in [2.05, 4.69) is 5.10 Å². The fourth-order valence-corrected chi connectivity index (χ4v) is 5.44. The SMILES string of the molecule is CN(C(=O)c1cccc(-n2nc(C(F)(F)F)c3c2C[C@H]2CC[C@@H]3N2C)c1)c1ccc2c(c1)OCO2. The summed E-state index contributed by atoms with van der Waals surface area (Å²) in [6, 6.07) is 11.7. The minimum absolute atomic E-state index is 0.129. The molecule has 182 valence electrons. The zero-order valence-corrected chi connectivity index (χ0v) is 19.2. The number of amides is 1. The largest absolute Gasteiger partial charge is 0.454 e. The second-order valence-electron chi connectivity index (χ2n) is 9.19. The second-order valence-corrected chi connectivity index (χ2v) is 9.19. The molecule has 0 saturated carbocycles. The van der Waals surface area contributed by atoms with Gasteiger partial charge in [0.2, 0.25) is 6.79 Å². The first-order valence-electron chi connectivity index (χ1n) is 11.4. The van der Waals surface area contributed by atoms with Gasteiger partial charge in [-0.2, -0.15) is 18.3 Å². The monoisotopic (exact) mass is 484 g/mol. The number of nitrogens with zero attached hydrogens (tertiary/aromatic N) is 4. The predicted octanol–water partition coefficient (Wildman–Crippen LogP) is 4.59. The highest BCUT2D eigenvalue weighted by Crippen LogP contribution is 2.48. The molecule has 2 atom stereocenters. The van der Waals surface area contributed by atoms with Crippen molar-refractivity contribution in [3.05, 3.63) is 65.0 Å². The number of ether oxygens (including phenoxy) is 2. The van der Waals surface area contributed by atoms with Gasteiger partial charge in [0.05, 0.1) is 11.4 Å². The predicted molar refractivity (Wildman–Crippen MR) is 121 cm³/mol. The van der Waals surface area contributed by atoms with Crippen molar-refractivity contribution in [1.82, 2.24) is 14.7 Å². The van der Waals surface area contributed by atoms with Crippen LogP contribution in [0.1, 0.15) is 46.2 Å². The minimum atomic E-state index is -4.56. The standard InChI is InChI=1S/C25H23F3N4O3/c1-30-15-6-8-18(30)22-19(11-15)32(29-23(22)25(26,27)28)17-5-3-4-14(10-17)24(33)31(2)16-7-9-20-21(12-16)35-13-34-20/h3-5,7,9-10,12,15,18H,6,8,11,13H2,1-2H3/t15-,18+/m1/s1. The lowest BCUT2D eigenvalue weighted by atomic mass is 9.97. The number of alkyl halides is 3. The van der Waals surface area contributed by atoms with Gasteiger partial charge in [-0.1, -0.05) is 6.07 Å². The van der Waals surface area contributed by atoms with Crippen LogP contribution in [0.25, 0.3) is 5.69 Å². The Balaban J connectivity index is 1.37. The molecule has 2 aromatic carbocycles. The summed E-state index contributed by atoms with van der Waals surface area (Å²) in [6.45, 7) is 0.129. The van der Waals surface area contributed by atoms with Crippen molar-refractivity contribution in [2.24, 2.45) is 0 Å². The molecule has 0 aliphatic carbocycles. The zero-order chi connectivity index (χ0) is 24.5. The lowest BCUT2D eigenvalue weighted by Crippen LogP contribution is -2.35. The molecule has 1 fully saturated rings. The Labute approximate surface area is 199 Å². The highest BCUT2D eigenvalue weighted by atomic mass is 19.4. The highest BCUT2D eigenvalue weighted by Gasteiger charge is 2.48. The van der Waals surface area contributed by atoms with Crippen molar-refractivity contribution in [2.45, 2.75) is 37.5 Å². The van der Waals surface area contributed by atoms with Crippen LogP contribution >= 0.6 is 0 Å². The summed E-state index contributed by atoms with van der Waals surface area (Å²) in [4.78, 5) is 16.8. The summed E-state index contributed by atoms with van der Waals surface area (Å²) in [5.74, 6) is 0.862. The maximum Gasteiger partial charge on any atom is 0.435 e. The van der Waals surface area contributed by atoms with Gasteiger partial charge in [0.1, 0.15) is 0 Å². The summed E-state index contributed by atoms with van der Waals surface area (Å²) in [7, 11) is 3.52. The van der Waals surface area contributed by atoms with Crippen LogP contribution in [0.4, 0.5) is 18.9 Å². The van der Waals surface area contributed by atoms with Gasteiger partial charge in [0, 0.05) is 48.4 Å². The number of carbonyl (C=O) groups is 1. The van der Waals surface area contributed by atoms with E-state index in [1.165, 1.54) is 9.58 Å². The Kier molecular flexibility index (Phi) is 4.86. The summed E-state index contributed by atoms with van der Waals surface area (Å²) in [5.41, 5.74) is 1.40. The van der Waals surface area contributed by atoms with Crippen molar-refractivity contribution in [1.29, 1.82) is 0 Å². The van der Waals surface area contributed by atoms with Crippen LogP contribution in [0.15, 0.2) is 42.5 Å². The number of hydrogen-bond donors (Lipinski definition) is 0. The number of fused-ring (bicyclic) bond motifs is 5. The third-order valence-corrected chi connectivity index (χ3v) is 7.28. The average molecular weight is 484 g/mol. The summed E-state index contributed by atoms with van der Waals surface area (Å²) >= 11 is 0. The first-order valence-corrected chi connectivity index (χ1v) is 11.4. The Hall–Kier alpha value is -3.53. The molecule has 2 bridgehead atoms. The van der Waals surface area contributed by atoms with Crippen LogP contribution in [0.5, 0.6) is 11.5 Å². The van der Waals surface area contributed by atoms with E-state index in [4.69, 9.17) is 9.47 Å². The molecule has 1 aromatic heterocycles. The highest BCUT2D eigenvalue weighted by molar-refractivity contribution is 6.06. The maximum atomic E-state index is 14.0. The third kappa shape index (κ3) is 3.46. The van der Waals surface area contributed by atoms with E-state index < -0.39 is 11.9 Å². The van der Waals surface area contributed by atoms with Gasteiger partial charge in [0.15, 0.2) is 17.2 Å². The van der Waals surface area contributed by atoms with Crippen molar-refractivity contribution in [3.8, 4) is 17.2 Å². The number of benzene rings is 2. The average Bonchev–Trinajstić information content (AvgIpc) is 3.52. The Morgan fingerprint density at radius 3 is 2.71 bits per heavy atom. The molecule has 0 N–H and O–H groups in total. The number of aromatic nitrogens is 2.